The average Bonchev–Trinajstić information content (AvgIpc) is 2.70. The maximum absolute atomic E-state index is 13.2. The molecule has 1 heterocycles. The largest absolute Gasteiger partial charge is 0.322 e. The number of hydrogen-bond acceptors (Lipinski definition) is 3. The lowest BCUT2D eigenvalue weighted by Crippen LogP contribution is -2.46. The molecule has 0 bridgehead atoms. The Hall–Kier alpha value is -1.45. The highest BCUT2D eigenvalue weighted by molar-refractivity contribution is 14.1. The third kappa shape index (κ3) is 5.00. The molecule has 2 aromatic carbocycles. The molecular weight excluding hydrogens is 499 g/mol. The zero-order valence-electron chi connectivity index (χ0n) is 17.0. The first-order valence-corrected chi connectivity index (χ1v) is 12.4. The van der Waals surface area contributed by atoms with Gasteiger partial charge in [0.25, 0.3) is 5.91 Å². The summed E-state index contributed by atoms with van der Waals surface area (Å²) in [6.45, 7) is 6.71. The third-order valence-electron chi connectivity index (χ3n) is 5.42. The molecule has 1 fully saturated rings. The van der Waals surface area contributed by atoms with Crippen LogP contribution in [0.15, 0.2) is 47.4 Å². The molecule has 0 spiro atoms. The molecule has 29 heavy (non-hydrogen) atoms. The highest BCUT2D eigenvalue weighted by Crippen LogP contribution is 2.29. The molecule has 1 saturated heterocycles. The second-order valence-corrected chi connectivity index (χ2v) is 10.9. The number of sulfonamides is 1. The van der Waals surface area contributed by atoms with Crippen molar-refractivity contribution in [3.05, 3.63) is 57.2 Å². The summed E-state index contributed by atoms with van der Waals surface area (Å²) in [6, 6.07) is 12.0. The minimum absolute atomic E-state index is 0.0390. The Balaban J connectivity index is 1.76. The van der Waals surface area contributed by atoms with E-state index in [1.54, 1.807) is 34.6 Å². The number of anilines is 1. The molecule has 0 aliphatic carbocycles. The lowest BCUT2D eigenvalue weighted by atomic mass is 9.95. The molecule has 5 nitrogen and oxygen atoms in total. The van der Waals surface area contributed by atoms with Crippen molar-refractivity contribution in [3.63, 3.8) is 0 Å². The predicted octanol–water partition coefficient (Wildman–Crippen LogP) is 5.05. The van der Waals surface area contributed by atoms with E-state index in [9.17, 15) is 13.2 Å². The number of halogens is 1. The molecule has 1 N–H and O–H groups in total. The van der Waals surface area contributed by atoms with Crippen LogP contribution < -0.4 is 5.32 Å². The van der Waals surface area contributed by atoms with Crippen molar-refractivity contribution in [3.8, 4) is 0 Å². The number of carbonyl (C=O) groups excluding carboxylic acids is 1. The van der Waals surface area contributed by atoms with E-state index in [1.165, 1.54) is 0 Å². The lowest BCUT2D eigenvalue weighted by Gasteiger charge is -2.37. The average molecular weight is 526 g/mol. The van der Waals surface area contributed by atoms with Gasteiger partial charge in [0, 0.05) is 27.4 Å². The fourth-order valence-corrected chi connectivity index (χ4v) is 6.02. The van der Waals surface area contributed by atoms with Gasteiger partial charge in [0.05, 0.1) is 4.90 Å². The van der Waals surface area contributed by atoms with Gasteiger partial charge in [0.15, 0.2) is 0 Å². The van der Waals surface area contributed by atoms with E-state index in [0.717, 1.165) is 28.4 Å². The molecular formula is C22H27IN2O3S. The topological polar surface area (TPSA) is 66.5 Å². The minimum Gasteiger partial charge on any atom is -0.322 e. The van der Waals surface area contributed by atoms with E-state index in [0.29, 0.717) is 17.8 Å². The monoisotopic (exact) mass is 526 g/mol. The van der Waals surface area contributed by atoms with Gasteiger partial charge in [-0.2, -0.15) is 4.31 Å². The third-order valence-corrected chi connectivity index (χ3v) is 8.52. The number of carbonyl (C=O) groups is 1. The molecule has 0 aromatic heterocycles. The van der Waals surface area contributed by atoms with Gasteiger partial charge in [0.2, 0.25) is 10.0 Å². The van der Waals surface area contributed by atoms with E-state index in [-0.39, 0.29) is 22.8 Å². The van der Waals surface area contributed by atoms with Crippen molar-refractivity contribution >= 4 is 44.2 Å². The summed E-state index contributed by atoms with van der Waals surface area (Å²) in [5, 5.41) is 2.84. The number of piperidine rings is 1. The van der Waals surface area contributed by atoms with Crippen LogP contribution in [0.5, 0.6) is 0 Å². The summed E-state index contributed by atoms with van der Waals surface area (Å²) >= 11 is 2.20. The Morgan fingerprint density at radius 3 is 2.45 bits per heavy atom. The van der Waals surface area contributed by atoms with Crippen molar-refractivity contribution in [1.29, 1.82) is 0 Å². The molecule has 7 heteroatoms. The number of nitrogens with zero attached hydrogens (tertiary/aromatic N) is 1. The zero-order chi connectivity index (χ0) is 21.2. The maximum atomic E-state index is 13.2. The fraction of sp³-hybridized carbons (Fsp3) is 0.409. The first-order valence-electron chi connectivity index (χ1n) is 9.89. The molecule has 2 aromatic rings. The zero-order valence-corrected chi connectivity index (χ0v) is 20.0. The van der Waals surface area contributed by atoms with Crippen LogP contribution in [-0.4, -0.2) is 31.2 Å². The van der Waals surface area contributed by atoms with Gasteiger partial charge in [0.1, 0.15) is 0 Å². The second-order valence-electron chi connectivity index (χ2n) is 7.87. The summed E-state index contributed by atoms with van der Waals surface area (Å²) in [7, 11) is -3.54. The first kappa shape index (κ1) is 22.2. The van der Waals surface area contributed by atoms with Crippen molar-refractivity contribution in [1.82, 2.24) is 4.31 Å². The molecule has 1 aliphatic rings. The molecule has 1 aliphatic heterocycles. The highest BCUT2D eigenvalue weighted by atomic mass is 127. The van der Waals surface area contributed by atoms with Gasteiger partial charge in [-0.05, 0) is 90.2 Å². The minimum atomic E-state index is -3.54. The molecule has 0 saturated carbocycles. The maximum Gasteiger partial charge on any atom is 0.255 e. The highest BCUT2D eigenvalue weighted by Gasteiger charge is 2.34. The fourth-order valence-electron chi connectivity index (χ4n) is 3.68. The van der Waals surface area contributed by atoms with Crippen LogP contribution in [0.25, 0.3) is 0 Å². The van der Waals surface area contributed by atoms with Gasteiger partial charge >= 0.3 is 0 Å². The van der Waals surface area contributed by atoms with Crippen LogP contribution >= 0.6 is 22.6 Å². The SMILES string of the molecule is Cc1ccc(C(=O)Nc2ccc(S(=O)(=O)N3CCCCC3C(C)C)cc2)cc1I. The van der Waals surface area contributed by atoms with Crippen molar-refractivity contribution in [2.24, 2.45) is 5.92 Å². The Bertz CT molecular complexity index is 988. The Labute approximate surface area is 187 Å². The summed E-state index contributed by atoms with van der Waals surface area (Å²) in [4.78, 5) is 12.8. The summed E-state index contributed by atoms with van der Waals surface area (Å²) in [5.41, 5.74) is 2.27. The van der Waals surface area contributed by atoms with Crippen LogP contribution in [0, 0.1) is 16.4 Å². The second kappa shape index (κ2) is 9.14. The smallest absolute Gasteiger partial charge is 0.255 e. The van der Waals surface area contributed by atoms with Gasteiger partial charge in [-0.1, -0.05) is 26.3 Å². The molecule has 3 rings (SSSR count). The number of rotatable bonds is 5. The summed E-state index contributed by atoms with van der Waals surface area (Å²) in [5.74, 6) is 0.0652. The number of amides is 1. The predicted molar refractivity (Wildman–Crippen MR) is 125 cm³/mol. The standard InChI is InChI=1S/C22H27IN2O3S/c1-15(2)21-6-4-5-13-25(21)29(27,28)19-11-9-18(10-12-19)24-22(26)17-8-7-16(3)20(23)14-17/h7-12,14-15,21H,4-6,13H2,1-3H3,(H,24,26). The number of nitrogens with one attached hydrogen (secondary N) is 1. The van der Waals surface area contributed by atoms with Gasteiger partial charge in [-0.3, -0.25) is 4.79 Å². The number of hydrogen-bond donors (Lipinski definition) is 1. The summed E-state index contributed by atoms with van der Waals surface area (Å²) in [6.07, 6.45) is 2.87. The van der Waals surface area contributed by atoms with Crippen LogP contribution in [0.1, 0.15) is 49.0 Å². The molecule has 0 radical (unpaired) electrons. The van der Waals surface area contributed by atoms with E-state index in [1.807, 2.05) is 19.1 Å². The van der Waals surface area contributed by atoms with Crippen LogP contribution in [-0.2, 0) is 10.0 Å². The van der Waals surface area contributed by atoms with Crippen LogP contribution in [0.3, 0.4) is 0 Å². The number of benzene rings is 2. The Morgan fingerprint density at radius 2 is 1.83 bits per heavy atom. The van der Waals surface area contributed by atoms with E-state index in [4.69, 9.17) is 0 Å². The van der Waals surface area contributed by atoms with Gasteiger partial charge in [-0.15, -0.1) is 0 Å². The Morgan fingerprint density at radius 1 is 1.14 bits per heavy atom. The molecule has 1 amide bonds. The normalized spacial score (nSPS) is 18.0. The van der Waals surface area contributed by atoms with Gasteiger partial charge in [-0.25, -0.2) is 8.42 Å². The molecule has 156 valence electrons. The molecule has 1 atom stereocenters. The summed E-state index contributed by atoms with van der Waals surface area (Å²) < 4.78 is 29.0. The Kier molecular flexibility index (Phi) is 7.01. The van der Waals surface area contributed by atoms with E-state index < -0.39 is 10.0 Å². The number of aryl methyl sites for hydroxylation is 1. The van der Waals surface area contributed by atoms with E-state index >= 15 is 0 Å². The van der Waals surface area contributed by atoms with Gasteiger partial charge < -0.3 is 5.32 Å². The quantitative estimate of drug-likeness (QED) is 0.555. The first-order chi connectivity index (χ1) is 13.7. The van der Waals surface area contributed by atoms with Crippen LogP contribution in [0.2, 0.25) is 0 Å². The van der Waals surface area contributed by atoms with Crippen molar-refractivity contribution < 1.29 is 13.2 Å². The van der Waals surface area contributed by atoms with Crippen molar-refractivity contribution in [2.75, 3.05) is 11.9 Å². The van der Waals surface area contributed by atoms with Crippen molar-refractivity contribution in [2.45, 2.75) is 51.0 Å². The van der Waals surface area contributed by atoms with Crippen LogP contribution in [0.4, 0.5) is 5.69 Å². The molecule has 1 unspecified atom stereocenters. The lowest BCUT2D eigenvalue weighted by molar-refractivity contribution is 0.102. The van der Waals surface area contributed by atoms with E-state index in [2.05, 4.69) is 41.8 Å².